The fourth-order valence-electron chi connectivity index (χ4n) is 5.61. The number of esters is 1. The highest BCUT2D eigenvalue weighted by Gasteiger charge is 2.21. The summed E-state index contributed by atoms with van der Waals surface area (Å²) in [6, 6.07) is 15.7. The maximum atomic E-state index is 12.4. The normalized spacial score (nSPS) is 17.1. The van der Waals surface area contributed by atoms with Gasteiger partial charge in [-0.15, -0.1) is 10.2 Å². The molecule has 0 unspecified atom stereocenters. The molecule has 0 radical (unpaired) electrons. The molecule has 0 N–H and O–H groups in total. The fraction of sp³-hybridized carbons (Fsp3) is 0.559. The second-order valence-corrected chi connectivity index (χ2v) is 12.2. The summed E-state index contributed by atoms with van der Waals surface area (Å²) in [4.78, 5) is 12.4. The second kappa shape index (κ2) is 16.5. The molecule has 1 fully saturated rings. The third-order valence-corrected chi connectivity index (χ3v) is 9.07. The zero-order valence-electron chi connectivity index (χ0n) is 24.4. The Morgan fingerprint density at radius 1 is 0.725 bits per heavy atom. The van der Waals surface area contributed by atoms with Gasteiger partial charge >= 0.3 is 5.97 Å². The van der Waals surface area contributed by atoms with Gasteiger partial charge < -0.3 is 9.47 Å². The molecule has 3 aromatic rings. The maximum absolute atomic E-state index is 12.4. The van der Waals surface area contributed by atoms with Crippen LogP contribution in [0.4, 0.5) is 0 Å². The van der Waals surface area contributed by atoms with E-state index in [9.17, 15) is 4.79 Å². The largest absolute Gasteiger partial charge is 0.494 e. The highest BCUT2D eigenvalue weighted by atomic mass is 32.1. The molecule has 2 aromatic carbocycles. The van der Waals surface area contributed by atoms with Gasteiger partial charge in [0.05, 0.1) is 6.61 Å². The molecule has 0 spiro atoms. The second-order valence-electron chi connectivity index (χ2n) is 11.3. The minimum Gasteiger partial charge on any atom is -0.494 e. The predicted octanol–water partition coefficient (Wildman–Crippen LogP) is 9.90. The van der Waals surface area contributed by atoms with Crippen LogP contribution in [0, 0.1) is 11.8 Å². The molecule has 0 amide bonds. The summed E-state index contributed by atoms with van der Waals surface area (Å²) in [6.45, 7) is 5.28. The van der Waals surface area contributed by atoms with Gasteiger partial charge in [-0.2, -0.15) is 0 Å². The predicted molar refractivity (Wildman–Crippen MR) is 165 cm³/mol. The van der Waals surface area contributed by atoms with Crippen LogP contribution in [0.5, 0.6) is 11.5 Å². The van der Waals surface area contributed by atoms with Gasteiger partial charge in [-0.3, -0.25) is 4.79 Å². The average Bonchev–Trinajstić information content (AvgIpc) is 3.48. The maximum Gasteiger partial charge on any atom is 0.311 e. The third kappa shape index (κ3) is 9.72. The summed E-state index contributed by atoms with van der Waals surface area (Å²) >= 11 is 1.55. The molecule has 216 valence electrons. The number of nitrogens with zero attached hydrogens (tertiary/aromatic N) is 2. The number of carbonyl (C=O) groups excluding carboxylic acids is 1. The summed E-state index contributed by atoms with van der Waals surface area (Å²) in [6.07, 6.45) is 16.8. The van der Waals surface area contributed by atoms with Crippen molar-refractivity contribution in [3.8, 4) is 32.6 Å². The molecule has 1 aliphatic carbocycles. The van der Waals surface area contributed by atoms with Crippen molar-refractivity contribution in [2.24, 2.45) is 11.8 Å². The van der Waals surface area contributed by atoms with Crippen molar-refractivity contribution in [2.45, 2.75) is 104 Å². The van der Waals surface area contributed by atoms with Crippen molar-refractivity contribution < 1.29 is 14.3 Å². The van der Waals surface area contributed by atoms with Crippen LogP contribution >= 0.6 is 11.3 Å². The molecule has 4 rings (SSSR count). The van der Waals surface area contributed by atoms with Crippen LogP contribution < -0.4 is 9.47 Å². The van der Waals surface area contributed by atoms with E-state index in [1.807, 2.05) is 48.5 Å². The molecule has 0 saturated heterocycles. The first-order valence-corrected chi connectivity index (χ1v) is 16.3. The van der Waals surface area contributed by atoms with Crippen molar-refractivity contribution in [3.05, 3.63) is 48.5 Å². The standard InChI is InChI=1S/C34H46N2O3S/c1-3-5-6-7-8-9-25-38-30-20-16-28(17-21-30)33-35-36-34(40-33)29-18-22-31(23-19-29)39-32(37)24-15-27-13-11-26(10-4-2)12-14-27/h16-23,26-27H,3-15,24-25H2,1-2H3/t26-,27-. The Bertz CT molecular complexity index is 1130. The Kier molecular flexibility index (Phi) is 12.5. The van der Waals surface area contributed by atoms with Crippen LogP contribution in [0.3, 0.4) is 0 Å². The van der Waals surface area contributed by atoms with Gasteiger partial charge in [-0.1, -0.05) is 95.8 Å². The Morgan fingerprint density at radius 2 is 1.27 bits per heavy atom. The number of hydrogen-bond acceptors (Lipinski definition) is 6. The quantitative estimate of drug-likeness (QED) is 0.0987. The molecule has 1 aliphatic rings. The van der Waals surface area contributed by atoms with Crippen LogP contribution in [-0.2, 0) is 4.79 Å². The third-order valence-electron chi connectivity index (χ3n) is 8.05. The average molecular weight is 563 g/mol. The fourth-order valence-corrected chi connectivity index (χ4v) is 6.46. The number of benzene rings is 2. The monoisotopic (exact) mass is 562 g/mol. The summed E-state index contributed by atoms with van der Waals surface area (Å²) < 4.78 is 11.5. The molecule has 0 aliphatic heterocycles. The van der Waals surface area contributed by atoms with Gasteiger partial charge in [0.1, 0.15) is 21.5 Å². The van der Waals surface area contributed by atoms with Gasteiger partial charge in [-0.25, -0.2) is 0 Å². The van der Waals surface area contributed by atoms with Crippen molar-refractivity contribution in [1.29, 1.82) is 0 Å². The first-order valence-electron chi connectivity index (χ1n) is 15.5. The minimum atomic E-state index is -0.138. The van der Waals surface area contributed by atoms with E-state index in [0.717, 1.165) is 52.3 Å². The molecule has 6 heteroatoms. The lowest BCUT2D eigenvalue weighted by atomic mass is 9.78. The Balaban J connectivity index is 1.19. The molecule has 40 heavy (non-hydrogen) atoms. The highest BCUT2D eigenvalue weighted by molar-refractivity contribution is 7.17. The van der Waals surface area contributed by atoms with E-state index >= 15 is 0 Å². The van der Waals surface area contributed by atoms with E-state index in [-0.39, 0.29) is 5.97 Å². The van der Waals surface area contributed by atoms with E-state index in [1.54, 1.807) is 11.3 Å². The molecule has 1 aromatic heterocycles. The number of hydrogen-bond donors (Lipinski definition) is 0. The van der Waals surface area contributed by atoms with Crippen LogP contribution in [0.1, 0.15) is 104 Å². The molecular formula is C34H46N2O3S. The lowest BCUT2D eigenvalue weighted by molar-refractivity contribution is -0.134. The van der Waals surface area contributed by atoms with Crippen LogP contribution in [-0.4, -0.2) is 22.8 Å². The van der Waals surface area contributed by atoms with Crippen molar-refractivity contribution in [3.63, 3.8) is 0 Å². The zero-order valence-corrected chi connectivity index (χ0v) is 25.2. The number of carbonyl (C=O) groups is 1. The summed E-state index contributed by atoms with van der Waals surface area (Å²) in [7, 11) is 0. The first kappa shape index (κ1) is 30.2. The van der Waals surface area contributed by atoms with E-state index in [1.165, 1.54) is 70.6 Å². The Labute approximate surface area is 244 Å². The number of ether oxygens (including phenoxy) is 2. The molecule has 0 atom stereocenters. The summed E-state index contributed by atoms with van der Waals surface area (Å²) in [5.41, 5.74) is 1.99. The van der Waals surface area contributed by atoms with Crippen molar-refractivity contribution in [2.75, 3.05) is 6.61 Å². The zero-order chi connectivity index (χ0) is 28.0. The molecule has 5 nitrogen and oxygen atoms in total. The van der Waals surface area contributed by atoms with Crippen LogP contribution in [0.25, 0.3) is 21.1 Å². The molecule has 0 bridgehead atoms. The van der Waals surface area contributed by atoms with E-state index in [0.29, 0.717) is 18.1 Å². The topological polar surface area (TPSA) is 61.3 Å². The smallest absolute Gasteiger partial charge is 0.311 e. The van der Waals surface area contributed by atoms with E-state index in [4.69, 9.17) is 9.47 Å². The van der Waals surface area contributed by atoms with Gasteiger partial charge in [0.2, 0.25) is 0 Å². The molecule has 1 saturated carbocycles. The van der Waals surface area contributed by atoms with E-state index < -0.39 is 0 Å². The number of unbranched alkanes of at least 4 members (excludes halogenated alkanes) is 5. The van der Waals surface area contributed by atoms with E-state index in [2.05, 4.69) is 24.0 Å². The Hall–Kier alpha value is -2.73. The first-order chi connectivity index (χ1) is 19.6. The Morgan fingerprint density at radius 3 is 1.88 bits per heavy atom. The number of aromatic nitrogens is 2. The van der Waals surface area contributed by atoms with Crippen molar-refractivity contribution >= 4 is 17.3 Å². The minimum absolute atomic E-state index is 0.138. The lowest BCUT2D eigenvalue weighted by Crippen LogP contribution is -2.16. The van der Waals surface area contributed by atoms with Crippen LogP contribution in [0.15, 0.2) is 48.5 Å². The van der Waals surface area contributed by atoms with Crippen molar-refractivity contribution in [1.82, 2.24) is 10.2 Å². The van der Waals surface area contributed by atoms with Gasteiger partial charge in [0, 0.05) is 17.5 Å². The van der Waals surface area contributed by atoms with Gasteiger partial charge in [0.25, 0.3) is 0 Å². The summed E-state index contributed by atoms with van der Waals surface area (Å²) in [5.74, 6) is 2.91. The summed E-state index contributed by atoms with van der Waals surface area (Å²) in [5, 5.41) is 10.5. The number of rotatable bonds is 16. The highest BCUT2D eigenvalue weighted by Crippen LogP contribution is 2.34. The lowest BCUT2D eigenvalue weighted by Gasteiger charge is -2.28. The molecular weight excluding hydrogens is 516 g/mol. The van der Waals surface area contributed by atoms with Gasteiger partial charge in [-0.05, 0) is 73.2 Å². The van der Waals surface area contributed by atoms with Gasteiger partial charge in [0.15, 0.2) is 0 Å². The SMILES string of the molecule is CCCCCCCCOc1ccc(-c2nnc(-c3ccc(OC(=O)CC[C@H]4CC[C@H](CCC)CC4)cc3)s2)cc1. The van der Waals surface area contributed by atoms with Crippen LogP contribution in [0.2, 0.25) is 0 Å². The molecule has 1 heterocycles.